The van der Waals surface area contributed by atoms with Crippen LogP contribution in [0.25, 0.3) is 0 Å². The highest BCUT2D eigenvalue weighted by Crippen LogP contribution is 2.35. The number of halogens is 1. The summed E-state index contributed by atoms with van der Waals surface area (Å²) in [6.07, 6.45) is 0.0441. The summed E-state index contributed by atoms with van der Waals surface area (Å²) < 4.78 is 13.5. The van der Waals surface area contributed by atoms with Gasteiger partial charge >= 0.3 is 0 Å². The molecule has 0 saturated carbocycles. The van der Waals surface area contributed by atoms with E-state index in [1.807, 2.05) is 24.3 Å². The maximum Gasteiger partial charge on any atom is 0.232 e. The van der Waals surface area contributed by atoms with Crippen molar-refractivity contribution in [3.8, 4) is 0 Å². The van der Waals surface area contributed by atoms with E-state index in [0.717, 1.165) is 4.90 Å². The number of carbonyl (C=O) groups is 2. The first kappa shape index (κ1) is 18.5. The molecule has 2 aromatic carbocycles. The molecule has 0 bridgehead atoms. The number of rotatable bonds is 3. The molecular weight excluding hydrogens is 351 g/mol. The van der Waals surface area contributed by atoms with E-state index >= 15 is 0 Å². The molecule has 0 radical (unpaired) electrons. The summed E-state index contributed by atoms with van der Waals surface area (Å²) in [4.78, 5) is 25.7. The third kappa shape index (κ3) is 4.43. The molecule has 3 rings (SSSR count). The Morgan fingerprint density at radius 2 is 1.88 bits per heavy atom. The Balaban J connectivity index is 1.75. The summed E-state index contributed by atoms with van der Waals surface area (Å²) in [6, 6.07) is 11.7. The van der Waals surface area contributed by atoms with Gasteiger partial charge in [0.2, 0.25) is 11.8 Å². The van der Waals surface area contributed by atoms with E-state index in [1.54, 1.807) is 17.8 Å². The van der Waals surface area contributed by atoms with Gasteiger partial charge in [-0.3, -0.25) is 9.59 Å². The van der Waals surface area contributed by atoms with Crippen LogP contribution < -0.4 is 10.6 Å². The van der Waals surface area contributed by atoms with E-state index in [4.69, 9.17) is 0 Å². The molecule has 0 fully saturated rings. The van der Waals surface area contributed by atoms with E-state index in [9.17, 15) is 14.0 Å². The van der Waals surface area contributed by atoms with Crippen molar-refractivity contribution in [2.45, 2.75) is 42.8 Å². The molecule has 136 valence electrons. The van der Waals surface area contributed by atoms with Gasteiger partial charge in [0.1, 0.15) is 5.82 Å². The maximum absolute atomic E-state index is 13.4. The minimum atomic E-state index is -0.636. The van der Waals surface area contributed by atoms with E-state index in [-0.39, 0.29) is 23.0 Å². The predicted molar refractivity (Wildman–Crippen MR) is 103 cm³/mol. The Morgan fingerprint density at radius 1 is 1.19 bits per heavy atom. The van der Waals surface area contributed by atoms with Gasteiger partial charge in [-0.25, -0.2) is 4.39 Å². The number of carbonyl (C=O) groups excluding carboxylic acids is 2. The van der Waals surface area contributed by atoms with Gasteiger partial charge in [-0.15, -0.1) is 11.8 Å². The summed E-state index contributed by atoms with van der Waals surface area (Å²) >= 11 is 1.75. The van der Waals surface area contributed by atoms with Crippen LogP contribution in [-0.4, -0.2) is 16.6 Å². The van der Waals surface area contributed by atoms with E-state index in [1.165, 1.54) is 12.1 Å². The van der Waals surface area contributed by atoms with Crippen LogP contribution in [0.5, 0.6) is 0 Å². The highest BCUT2D eigenvalue weighted by molar-refractivity contribution is 8.00. The first-order valence-electron chi connectivity index (χ1n) is 8.40. The lowest BCUT2D eigenvalue weighted by molar-refractivity contribution is -0.123. The van der Waals surface area contributed by atoms with Crippen LogP contribution in [0.3, 0.4) is 0 Å². The third-order valence-corrected chi connectivity index (χ3v) is 5.04. The number of nitrogens with one attached hydrogen (secondary N) is 2. The first-order chi connectivity index (χ1) is 12.2. The quantitative estimate of drug-likeness (QED) is 0.762. The molecule has 6 heteroatoms. The number of benzene rings is 2. The molecule has 1 aliphatic rings. The number of amides is 2. The van der Waals surface area contributed by atoms with Crippen molar-refractivity contribution in [1.29, 1.82) is 0 Å². The van der Waals surface area contributed by atoms with Crippen LogP contribution in [0.2, 0.25) is 0 Å². The number of hydrogen-bond donors (Lipinski definition) is 2. The number of fused-ring (bicyclic) bond motifs is 1. The van der Waals surface area contributed by atoms with Gasteiger partial charge in [-0.1, -0.05) is 26.8 Å². The fourth-order valence-corrected chi connectivity index (χ4v) is 3.84. The lowest BCUT2D eigenvalue weighted by Gasteiger charge is -2.25. The van der Waals surface area contributed by atoms with Gasteiger partial charge in [0.05, 0.1) is 5.92 Å². The second kappa shape index (κ2) is 7.11. The standard InChI is InChI=1S/C20H21FN2O2S/c1-20(2,3)26-14-7-5-13(6-8-14)22-19(25)16-11-18(24)23-17-10-12(21)4-9-15(16)17/h4-10,16H,11H2,1-3H3,(H,22,25)(H,23,24). The molecule has 0 spiro atoms. The second-order valence-corrected chi connectivity index (χ2v) is 9.16. The maximum atomic E-state index is 13.4. The van der Waals surface area contributed by atoms with E-state index in [2.05, 4.69) is 31.4 Å². The molecule has 0 aliphatic carbocycles. The number of thioether (sulfide) groups is 1. The van der Waals surface area contributed by atoms with Crippen LogP contribution in [-0.2, 0) is 9.59 Å². The fourth-order valence-electron chi connectivity index (χ4n) is 2.86. The van der Waals surface area contributed by atoms with Crippen molar-refractivity contribution in [3.05, 3.63) is 53.8 Å². The lowest BCUT2D eigenvalue weighted by atomic mass is 9.89. The Labute approximate surface area is 156 Å². The van der Waals surface area contributed by atoms with Gasteiger partial charge in [0.25, 0.3) is 0 Å². The van der Waals surface area contributed by atoms with Crippen LogP contribution in [0.4, 0.5) is 15.8 Å². The van der Waals surface area contributed by atoms with Crippen molar-refractivity contribution < 1.29 is 14.0 Å². The summed E-state index contributed by atoms with van der Waals surface area (Å²) in [5, 5.41) is 5.47. The summed E-state index contributed by atoms with van der Waals surface area (Å²) in [5.74, 6) is -1.65. The molecule has 0 aromatic heterocycles. The van der Waals surface area contributed by atoms with Gasteiger partial charge < -0.3 is 10.6 Å². The Bertz CT molecular complexity index is 844. The molecule has 26 heavy (non-hydrogen) atoms. The van der Waals surface area contributed by atoms with Gasteiger partial charge in [-0.05, 0) is 42.0 Å². The van der Waals surface area contributed by atoms with Crippen molar-refractivity contribution in [1.82, 2.24) is 0 Å². The van der Waals surface area contributed by atoms with Crippen molar-refractivity contribution in [3.63, 3.8) is 0 Å². The van der Waals surface area contributed by atoms with Crippen molar-refractivity contribution in [2.24, 2.45) is 0 Å². The molecular formula is C20H21FN2O2S. The van der Waals surface area contributed by atoms with Crippen LogP contribution in [0, 0.1) is 5.82 Å². The molecule has 2 N–H and O–H groups in total. The minimum Gasteiger partial charge on any atom is -0.326 e. The Morgan fingerprint density at radius 3 is 2.54 bits per heavy atom. The monoisotopic (exact) mass is 372 g/mol. The molecule has 1 aliphatic heterocycles. The van der Waals surface area contributed by atoms with Crippen LogP contribution in [0.15, 0.2) is 47.4 Å². The molecule has 0 saturated heterocycles. The molecule has 2 aromatic rings. The third-order valence-electron chi connectivity index (χ3n) is 3.92. The Kier molecular flexibility index (Phi) is 5.05. The Hall–Kier alpha value is -2.34. The fraction of sp³-hybridized carbons (Fsp3) is 0.300. The smallest absolute Gasteiger partial charge is 0.232 e. The summed E-state index contributed by atoms with van der Waals surface area (Å²) in [6.45, 7) is 6.42. The first-order valence-corrected chi connectivity index (χ1v) is 9.22. The molecule has 2 amide bonds. The van der Waals surface area contributed by atoms with Crippen molar-refractivity contribution in [2.75, 3.05) is 10.6 Å². The molecule has 1 atom stereocenters. The average molecular weight is 372 g/mol. The van der Waals surface area contributed by atoms with Crippen LogP contribution in [0.1, 0.15) is 38.7 Å². The normalized spacial score (nSPS) is 16.6. The highest BCUT2D eigenvalue weighted by Gasteiger charge is 2.31. The summed E-state index contributed by atoms with van der Waals surface area (Å²) in [7, 11) is 0. The second-order valence-electron chi connectivity index (χ2n) is 7.26. The van der Waals surface area contributed by atoms with E-state index in [0.29, 0.717) is 16.9 Å². The SMILES string of the molecule is CC(C)(C)Sc1ccc(NC(=O)C2CC(=O)Nc3cc(F)ccc32)cc1. The topological polar surface area (TPSA) is 58.2 Å². The molecule has 1 heterocycles. The zero-order chi connectivity index (χ0) is 18.9. The zero-order valence-corrected chi connectivity index (χ0v) is 15.7. The number of anilines is 2. The zero-order valence-electron chi connectivity index (χ0n) is 14.9. The lowest BCUT2D eigenvalue weighted by Crippen LogP contribution is -2.30. The largest absolute Gasteiger partial charge is 0.326 e. The minimum absolute atomic E-state index is 0.0441. The molecule has 4 nitrogen and oxygen atoms in total. The van der Waals surface area contributed by atoms with Crippen LogP contribution >= 0.6 is 11.8 Å². The predicted octanol–water partition coefficient (Wildman–Crippen LogP) is 4.78. The van der Waals surface area contributed by atoms with Gasteiger partial charge in [0.15, 0.2) is 0 Å². The highest BCUT2D eigenvalue weighted by atomic mass is 32.2. The van der Waals surface area contributed by atoms with Gasteiger partial charge in [0, 0.05) is 27.4 Å². The van der Waals surface area contributed by atoms with E-state index < -0.39 is 11.7 Å². The van der Waals surface area contributed by atoms with Gasteiger partial charge in [-0.2, -0.15) is 0 Å². The van der Waals surface area contributed by atoms with Crippen molar-refractivity contribution >= 4 is 35.0 Å². The molecule has 1 unspecified atom stereocenters. The average Bonchev–Trinajstić information content (AvgIpc) is 2.54. The number of hydrogen-bond acceptors (Lipinski definition) is 3. The summed E-state index contributed by atoms with van der Waals surface area (Å²) in [5.41, 5.74) is 1.66.